The summed E-state index contributed by atoms with van der Waals surface area (Å²) in [5.41, 5.74) is 0. The molecule has 0 spiro atoms. The molecular formula is C33H69NO2. The summed E-state index contributed by atoms with van der Waals surface area (Å²) in [7, 11) is 0. The van der Waals surface area contributed by atoms with Crippen molar-refractivity contribution in [3.63, 3.8) is 0 Å². The van der Waals surface area contributed by atoms with Crippen molar-refractivity contribution in [1.82, 2.24) is 4.90 Å². The number of hydrogen-bond acceptors (Lipinski definition) is 2. The minimum absolute atomic E-state index is 0.345. The molecule has 0 aromatic heterocycles. The van der Waals surface area contributed by atoms with E-state index in [1.807, 2.05) is 0 Å². The minimum Gasteiger partial charge on any atom is -0.481 e. The Labute approximate surface area is 228 Å². The molecule has 0 heterocycles. The van der Waals surface area contributed by atoms with Gasteiger partial charge in [0.15, 0.2) is 0 Å². The summed E-state index contributed by atoms with van der Waals surface area (Å²) < 4.78 is 0. The van der Waals surface area contributed by atoms with Crippen molar-refractivity contribution in [3.05, 3.63) is 0 Å². The highest BCUT2D eigenvalue weighted by atomic mass is 16.4. The smallest absolute Gasteiger partial charge is 0.303 e. The maximum absolute atomic E-state index is 10.3. The van der Waals surface area contributed by atoms with Crippen LogP contribution >= 0.6 is 0 Å². The van der Waals surface area contributed by atoms with E-state index in [1.54, 1.807) is 0 Å². The van der Waals surface area contributed by atoms with E-state index in [0.29, 0.717) is 6.42 Å². The van der Waals surface area contributed by atoms with E-state index < -0.39 is 5.97 Å². The van der Waals surface area contributed by atoms with Crippen LogP contribution in [0.1, 0.15) is 188 Å². The molecule has 0 saturated carbocycles. The van der Waals surface area contributed by atoms with Crippen molar-refractivity contribution in [3.8, 4) is 0 Å². The monoisotopic (exact) mass is 512 g/mol. The van der Waals surface area contributed by atoms with E-state index in [2.05, 4.69) is 32.6 Å². The molecule has 0 aromatic rings. The zero-order valence-corrected chi connectivity index (χ0v) is 25.6. The molecule has 0 bridgehead atoms. The average Bonchev–Trinajstić information content (AvgIpc) is 2.86. The molecule has 0 unspecified atom stereocenters. The van der Waals surface area contributed by atoms with Crippen molar-refractivity contribution in [2.75, 3.05) is 19.6 Å². The minimum atomic E-state index is -0.653. The molecule has 0 aliphatic heterocycles. The van der Waals surface area contributed by atoms with Crippen LogP contribution in [-0.2, 0) is 4.79 Å². The Hall–Kier alpha value is -0.570. The third-order valence-corrected chi connectivity index (χ3v) is 7.15. The fraction of sp³-hybridized carbons (Fsp3) is 0.970. The van der Waals surface area contributed by atoms with Gasteiger partial charge in [0.2, 0.25) is 0 Å². The van der Waals surface area contributed by atoms with Crippen LogP contribution < -0.4 is 0 Å². The molecule has 0 fully saturated rings. The second-order valence-corrected chi connectivity index (χ2v) is 11.1. The van der Waals surface area contributed by atoms with Crippen LogP contribution in [0.5, 0.6) is 0 Å². The number of aliphatic carboxylic acids is 1. The third kappa shape index (κ3) is 35.6. The van der Waals surface area contributed by atoms with Gasteiger partial charge in [-0.2, -0.15) is 0 Å². The van der Waals surface area contributed by atoms with Gasteiger partial charge in [0, 0.05) is 6.42 Å². The van der Waals surface area contributed by atoms with E-state index in [9.17, 15) is 4.79 Å². The molecule has 3 nitrogen and oxygen atoms in total. The zero-order valence-electron chi connectivity index (χ0n) is 25.6. The highest BCUT2D eigenvalue weighted by molar-refractivity contribution is 5.66. The fourth-order valence-corrected chi connectivity index (χ4v) is 4.91. The highest BCUT2D eigenvalue weighted by Gasteiger charge is 2.01. The van der Waals surface area contributed by atoms with Crippen molar-refractivity contribution < 1.29 is 9.90 Å². The van der Waals surface area contributed by atoms with Gasteiger partial charge in [0.25, 0.3) is 0 Å². The lowest BCUT2D eigenvalue weighted by atomic mass is 10.0. The lowest BCUT2D eigenvalue weighted by Gasteiger charge is -2.20. The molecule has 0 saturated heterocycles. The third-order valence-electron chi connectivity index (χ3n) is 7.15. The van der Waals surface area contributed by atoms with Gasteiger partial charge >= 0.3 is 5.97 Å². The number of hydrogen-bond donors (Lipinski definition) is 1. The predicted molar refractivity (Wildman–Crippen MR) is 162 cm³/mol. The first-order valence-electron chi connectivity index (χ1n) is 16.6. The van der Waals surface area contributed by atoms with Gasteiger partial charge < -0.3 is 10.0 Å². The van der Waals surface area contributed by atoms with E-state index in [-0.39, 0.29) is 0 Å². The molecule has 0 aromatic carbocycles. The van der Waals surface area contributed by atoms with Gasteiger partial charge in [-0.05, 0) is 45.3 Å². The summed E-state index contributed by atoms with van der Waals surface area (Å²) >= 11 is 0. The Balaban J connectivity index is 0. The average molecular weight is 512 g/mol. The standard InChI is InChI=1S/C18H36O2.C15H33N/c1-2-3-4-5-6-7-8-9-10-11-12-13-14-15-16-17-18(19)20;1-4-7-8-9-10-11-12-15-16(13-5-2)14-6-3/h2-17H2,1H3,(H,19,20);4-15H2,1-3H3. The second-order valence-electron chi connectivity index (χ2n) is 11.1. The predicted octanol–water partition coefficient (Wildman–Crippen LogP) is 11.2. The number of carboxylic acids is 1. The summed E-state index contributed by atoms with van der Waals surface area (Å²) in [5, 5.41) is 8.52. The fourth-order valence-electron chi connectivity index (χ4n) is 4.91. The maximum Gasteiger partial charge on any atom is 0.303 e. The Morgan fingerprint density at radius 2 is 0.722 bits per heavy atom. The molecule has 0 aliphatic carbocycles. The topological polar surface area (TPSA) is 40.5 Å². The summed E-state index contributed by atoms with van der Waals surface area (Å²) in [6.07, 6.45) is 32.8. The second kappa shape index (κ2) is 34.4. The quantitative estimate of drug-likeness (QED) is 0.106. The van der Waals surface area contributed by atoms with Gasteiger partial charge in [-0.1, -0.05) is 156 Å². The van der Waals surface area contributed by atoms with Gasteiger partial charge in [-0.25, -0.2) is 0 Å². The van der Waals surface area contributed by atoms with Gasteiger partial charge in [-0.15, -0.1) is 0 Å². The molecule has 0 rings (SSSR count). The summed E-state index contributed by atoms with van der Waals surface area (Å²) in [4.78, 5) is 13.0. The molecule has 0 amide bonds. The summed E-state index contributed by atoms with van der Waals surface area (Å²) in [6, 6.07) is 0. The van der Waals surface area contributed by atoms with Gasteiger partial charge in [0.05, 0.1) is 0 Å². The Morgan fingerprint density at radius 1 is 0.417 bits per heavy atom. The lowest BCUT2D eigenvalue weighted by Crippen LogP contribution is -2.26. The van der Waals surface area contributed by atoms with Crippen LogP contribution in [0.25, 0.3) is 0 Å². The van der Waals surface area contributed by atoms with Crippen LogP contribution in [0, 0.1) is 0 Å². The lowest BCUT2D eigenvalue weighted by molar-refractivity contribution is -0.137. The summed E-state index contributed by atoms with van der Waals surface area (Å²) in [5.74, 6) is -0.653. The largest absolute Gasteiger partial charge is 0.481 e. The molecule has 36 heavy (non-hydrogen) atoms. The number of unbranched alkanes of at least 4 members (excludes halogenated alkanes) is 20. The molecule has 0 radical (unpaired) electrons. The molecule has 1 N–H and O–H groups in total. The van der Waals surface area contributed by atoms with Gasteiger partial charge in [0.1, 0.15) is 0 Å². The van der Waals surface area contributed by atoms with Crippen LogP contribution in [0.3, 0.4) is 0 Å². The van der Waals surface area contributed by atoms with Crippen molar-refractivity contribution in [2.45, 2.75) is 188 Å². The van der Waals surface area contributed by atoms with Crippen LogP contribution in [0.4, 0.5) is 0 Å². The van der Waals surface area contributed by atoms with Crippen LogP contribution in [0.15, 0.2) is 0 Å². The maximum atomic E-state index is 10.3. The first kappa shape index (κ1) is 37.6. The molecular weight excluding hydrogens is 442 g/mol. The first-order chi connectivity index (χ1) is 17.6. The Kier molecular flexibility index (Phi) is 35.9. The van der Waals surface area contributed by atoms with E-state index in [4.69, 9.17) is 5.11 Å². The number of nitrogens with zero attached hydrogens (tertiary/aromatic N) is 1. The van der Waals surface area contributed by atoms with Crippen molar-refractivity contribution >= 4 is 5.97 Å². The SMILES string of the molecule is CCCCCCCCCCCCCCCCCC(=O)O.CCCCCCCCCN(CCC)CCC. The van der Waals surface area contributed by atoms with E-state index >= 15 is 0 Å². The molecule has 0 aliphatic rings. The number of carbonyl (C=O) groups is 1. The highest BCUT2D eigenvalue weighted by Crippen LogP contribution is 2.13. The van der Waals surface area contributed by atoms with Gasteiger partial charge in [-0.3, -0.25) is 4.79 Å². The zero-order chi connectivity index (χ0) is 27.0. The number of carboxylic acid groups (broad SMARTS) is 1. The van der Waals surface area contributed by atoms with Crippen molar-refractivity contribution in [1.29, 1.82) is 0 Å². The Morgan fingerprint density at radius 3 is 1.03 bits per heavy atom. The van der Waals surface area contributed by atoms with E-state index in [0.717, 1.165) is 12.8 Å². The molecule has 3 heteroatoms. The molecule has 218 valence electrons. The normalized spacial score (nSPS) is 11.0. The number of rotatable bonds is 28. The van der Waals surface area contributed by atoms with Crippen LogP contribution in [0.2, 0.25) is 0 Å². The first-order valence-corrected chi connectivity index (χ1v) is 16.6. The summed E-state index contributed by atoms with van der Waals surface area (Å²) in [6.45, 7) is 13.0. The van der Waals surface area contributed by atoms with Crippen LogP contribution in [-0.4, -0.2) is 35.6 Å². The Bertz CT molecular complexity index is 393. The van der Waals surface area contributed by atoms with E-state index in [1.165, 1.54) is 161 Å². The molecule has 0 atom stereocenters. The van der Waals surface area contributed by atoms with Crippen molar-refractivity contribution in [2.24, 2.45) is 0 Å².